The molecule has 23 heavy (non-hydrogen) atoms. The Morgan fingerprint density at radius 3 is 2.61 bits per heavy atom. The van der Waals surface area contributed by atoms with E-state index in [-0.39, 0.29) is 24.9 Å². The molecule has 2 rings (SSSR count). The van der Waals surface area contributed by atoms with E-state index < -0.39 is 0 Å². The summed E-state index contributed by atoms with van der Waals surface area (Å²) in [7, 11) is 1.76. The molecule has 0 atom stereocenters. The van der Waals surface area contributed by atoms with E-state index >= 15 is 0 Å². The summed E-state index contributed by atoms with van der Waals surface area (Å²) in [5, 5.41) is 2.83. The standard InChI is InChI=1S/C15H21N5O2S/c1-4-20(5-2)14(22)10-19(3)9-13(21)16-11-7-6-8-12-15(11)18-23-17-12/h6-8H,4-5,9-10H2,1-3H3,(H,16,21). The van der Waals surface area contributed by atoms with Crippen LogP contribution in [0.3, 0.4) is 0 Å². The Labute approximate surface area is 139 Å². The topological polar surface area (TPSA) is 78.4 Å². The summed E-state index contributed by atoms with van der Waals surface area (Å²) in [4.78, 5) is 27.6. The molecule has 0 saturated carbocycles. The van der Waals surface area contributed by atoms with Crippen molar-refractivity contribution in [3.8, 4) is 0 Å². The summed E-state index contributed by atoms with van der Waals surface area (Å²) in [6.07, 6.45) is 0. The van der Waals surface area contributed by atoms with Gasteiger partial charge in [-0.2, -0.15) is 8.75 Å². The van der Waals surface area contributed by atoms with Gasteiger partial charge >= 0.3 is 0 Å². The van der Waals surface area contributed by atoms with Gasteiger partial charge in [0.2, 0.25) is 11.8 Å². The Hall–Kier alpha value is -2.06. The summed E-state index contributed by atoms with van der Waals surface area (Å²) in [6, 6.07) is 5.47. The van der Waals surface area contributed by atoms with Crippen LogP contribution in [0.25, 0.3) is 11.0 Å². The zero-order chi connectivity index (χ0) is 16.8. The van der Waals surface area contributed by atoms with Crippen LogP contribution in [0.2, 0.25) is 0 Å². The number of hydrogen-bond donors (Lipinski definition) is 1. The molecule has 0 aliphatic carbocycles. The highest BCUT2D eigenvalue weighted by Gasteiger charge is 2.15. The van der Waals surface area contributed by atoms with Gasteiger partial charge in [-0.1, -0.05) is 6.07 Å². The molecule has 2 aromatic rings. The number of benzene rings is 1. The number of nitrogens with zero attached hydrogens (tertiary/aromatic N) is 4. The van der Waals surface area contributed by atoms with Crippen molar-refractivity contribution in [3.05, 3.63) is 18.2 Å². The van der Waals surface area contributed by atoms with Gasteiger partial charge in [0.1, 0.15) is 11.0 Å². The number of fused-ring (bicyclic) bond motifs is 1. The van der Waals surface area contributed by atoms with Crippen molar-refractivity contribution in [2.45, 2.75) is 13.8 Å². The Kier molecular flexibility index (Phi) is 6.00. The average Bonchev–Trinajstić information content (AvgIpc) is 2.97. The van der Waals surface area contributed by atoms with E-state index in [0.717, 1.165) is 17.2 Å². The molecule has 0 aliphatic rings. The zero-order valence-electron chi connectivity index (χ0n) is 13.6. The summed E-state index contributed by atoms with van der Waals surface area (Å²) in [5.41, 5.74) is 2.09. The van der Waals surface area contributed by atoms with Crippen molar-refractivity contribution in [2.24, 2.45) is 0 Å². The zero-order valence-corrected chi connectivity index (χ0v) is 14.4. The summed E-state index contributed by atoms with van der Waals surface area (Å²) < 4.78 is 8.33. The van der Waals surface area contributed by atoms with Crippen LogP contribution in [0.15, 0.2) is 18.2 Å². The first-order valence-corrected chi connectivity index (χ1v) is 8.25. The van der Waals surface area contributed by atoms with E-state index in [9.17, 15) is 9.59 Å². The van der Waals surface area contributed by atoms with Crippen LogP contribution in [0, 0.1) is 0 Å². The molecular weight excluding hydrogens is 314 g/mol. The Balaban J connectivity index is 1.92. The largest absolute Gasteiger partial charge is 0.342 e. The fourth-order valence-electron chi connectivity index (χ4n) is 2.31. The molecule has 0 radical (unpaired) electrons. The van der Waals surface area contributed by atoms with Crippen molar-refractivity contribution < 1.29 is 9.59 Å². The van der Waals surface area contributed by atoms with Crippen LogP contribution >= 0.6 is 11.7 Å². The normalized spacial score (nSPS) is 11.0. The lowest BCUT2D eigenvalue weighted by molar-refractivity contribution is -0.132. The molecule has 0 bridgehead atoms. The maximum atomic E-state index is 12.2. The number of carbonyl (C=O) groups excluding carboxylic acids is 2. The highest BCUT2D eigenvalue weighted by molar-refractivity contribution is 7.00. The molecule has 7 nitrogen and oxygen atoms in total. The van der Waals surface area contributed by atoms with Crippen LogP contribution in [0.1, 0.15) is 13.8 Å². The molecule has 0 spiro atoms. The van der Waals surface area contributed by atoms with Gasteiger partial charge in [0.05, 0.1) is 30.5 Å². The van der Waals surface area contributed by atoms with E-state index in [1.54, 1.807) is 22.9 Å². The highest BCUT2D eigenvalue weighted by atomic mass is 32.1. The lowest BCUT2D eigenvalue weighted by Crippen LogP contribution is -2.41. The third-order valence-electron chi connectivity index (χ3n) is 3.49. The molecule has 1 aromatic carbocycles. The van der Waals surface area contributed by atoms with E-state index in [2.05, 4.69) is 14.1 Å². The summed E-state index contributed by atoms with van der Waals surface area (Å²) in [5.74, 6) is -0.156. The number of hydrogen-bond acceptors (Lipinski definition) is 6. The number of rotatable bonds is 7. The van der Waals surface area contributed by atoms with Crippen LogP contribution in [0.4, 0.5) is 5.69 Å². The lowest BCUT2D eigenvalue weighted by Gasteiger charge is -2.22. The van der Waals surface area contributed by atoms with Crippen LogP contribution < -0.4 is 5.32 Å². The minimum absolute atomic E-state index is 0.0242. The molecule has 0 saturated heterocycles. The Morgan fingerprint density at radius 2 is 1.91 bits per heavy atom. The van der Waals surface area contributed by atoms with Gasteiger partial charge in [-0.15, -0.1) is 0 Å². The summed E-state index contributed by atoms with van der Waals surface area (Å²) in [6.45, 7) is 5.59. The van der Waals surface area contributed by atoms with E-state index in [1.165, 1.54) is 0 Å². The second-order valence-electron chi connectivity index (χ2n) is 5.22. The first-order chi connectivity index (χ1) is 11.0. The maximum absolute atomic E-state index is 12.2. The van der Waals surface area contributed by atoms with Crippen LogP contribution in [0.5, 0.6) is 0 Å². The third-order valence-corrected chi connectivity index (χ3v) is 4.04. The number of likely N-dealkylation sites (N-methyl/N-ethyl adjacent to an activating group) is 2. The van der Waals surface area contributed by atoms with E-state index in [1.807, 2.05) is 26.0 Å². The first kappa shape index (κ1) is 17.3. The second kappa shape index (κ2) is 7.98. The number of aromatic nitrogens is 2. The minimum Gasteiger partial charge on any atom is -0.342 e. The Morgan fingerprint density at radius 1 is 1.17 bits per heavy atom. The average molecular weight is 335 g/mol. The smallest absolute Gasteiger partial charge is 0.238 e. The molecule has 124 valence electrons. The molecule has 0 fully saturated rings. The number of nitrogens with one attached hydrogen (secondary N) is 1. The lowest BCUT2D eigenvalue weighted by atomic mass is 10.2. The first-order valence-electron chi connectivity index (χ1n) is 7.52. The van der Waals surface area contributed by atoms with Gasteiger partial charge in [-0.05, 0) is 33.0 Å². The maximum Gasteiger partial charge on any atom is 0.238 e. The van der Waals surface area contributed by atoms with Gasteiger partial charge in [0.15, 0.2) is 0 Å². The minimum atomic E-state index is -0.180. The predicted molar refractivity (Wildman–Crippen MR) is 91.5 cm³/mol. The fraction of sp³-hybridized carbons (Fsp3) is 0.467. The Bertz CT molecular complexity index is 683. The van der Waals surface area contributed by atoms with E-state index in [4.69, 9.17) is 0 Å². The van der Waals surface area contributed by atoms with Crippen LogP contribution in [-0.2, 0) is 9.59 Å². The molecule has 1 aromatic heterocycles. The molecule has 8 heteroatoms. The van der Waals surface area contributed by atoms with Crippen molar-refractivity contribution in [2.75, 3.05) is 38.5 Å². The summed E-state index contributed by atoms with van der Waals surface area (Å²) >= 11 is 1.11. The van der Waals surface area contributed by atoms with Crippen molar-refractivity contribution in [1.82, 2.24) is 18.5 Å². The number of carbonyl (C=O) groups is 2. The highest BCUT2D eigenvalue weighted by Crippen LogP contribution is 2.20. The molecule has 0 unspecified atom stereocenters. The van der Waals surface area contributed by atoms with Crippen molar-refractivity contribution >= 4 is 40.3 Å². The molecule has 2 amide bonds. The van der Waals surface area contributed by atoms with Gasteiger partial charge in [-0.3, -0.25) is 14.5 Å². The number of amides is 2. The predicted octanol–water partition coefficient (Wildman–Crippen LogP) is 1.43. The van der Waals surface area contributed by atoms with Gasteiger partial charge in [0.25, 0.3) is 0 Å². The molecule has 1 N–H and O–H groups in total. The monoisotopic (exact) mass is 335 g/mol. The number of anilines is 1. The van der Waals surface area contributed by atoms with E-state index in [0.29, 0.717) is 24.3 Å². The van der Waals surface area contributed by atoms with Crippen molar-refractivity contribution in [3.63, 3.8) is 0 Å². The quantitative estimate of drug-likeness (QED) is 0.828. The second-order valence-corrected chi connectivity index (χ2v) is 5.75. The molecule has 0 aliphatic heterocycles. The third kappa shape index (κ3) is 4.46. The van der Waals surface area contributed by atoms with Gasteiger partial charge < -0.3 is 10.2 Å². The van der Waals surface area contributed by atoms with Gasteiger partial charge in [0, 0.05) is 13.1 Å². The fourth-order valence-corrected chi connectivity index (χ4v) is 2.85. The molecular formula is C15H21N5O2S. The van der Waals surface area contributed by atoms with Crippen molar-refractivity contribution in [1.29, 1.82) is 0 Å². The SMILES string of the molecule is CCN(CC)C(=O)CN(C)CC(=O)Nc1cccc2nsnc12. The van der Waals surface area contributed by atoms with Crippen LogP contribution in [-0.4, -0.2) is 63.6 Å². The molecule has 1 heterocycles. The van der Waals surface area contributed by atoms with Gasteiger partial charge in [-0.25, -0.2) is 0 Å².